The summed E-state index contributed by atoms with van der Waals surface area (Å²) in [6.07, 6.45) is 1.28. The Labute approximate surface area is 168 Å². The van der Waals surface area contributed by atoms with Gasteiger partial charge in [-0.3, -0.25) is 4.79 Å². The molecule has 1 aromatic carbocycles. The van der Waals surface area contributed by atoms with Gasteiger partial charge in [-0.15, -0.1) is 0 Å². The van der Waals surface area contributed by atoms with Crippen molar-refractivity contribution in [3.8, 4) is 0 Å². The minimum Gasteiger partial charge on any atom is -0.478 e. The molecule has 7 heteroatoms. The number of allylic oxidation sites excluding steroid dienone is 1. The van der Waals surface area contributed by atoms with E-state index in [0.717, 1.165) is 40.3 Å². The Morgan fingerprint density at radius 3 is 2.90 bits per heavy atom. The first-order valence-electron chi connectivity index (χ1n) is 9.94. The van der Waals surface area contributed by atoms with Crippen LogP contribution in [0, 0.1) is 6.92 Å². The van der Waals surface area contributed by atoms with Crippen LogP contribution in [0.1, 0.15) is 46.2 Å². The van der Waals surface area contributed by atoms with E-state index in [1.807, 2.05) is 12.1 Å². The van der Waals surface area contributed by atoms with Crippen molar-refractivity contribution in [2.75, 3.05) is 30.0 Å². The van der Waals surface area contributed by atoms with E-state index in [4.69, 9.17) is 4.74 Å². The number of anilines is 2. The zero-order chi connectivity index (χ0) is 20.3. The number of H-pyrrole nitrogens is 1. The van der Waals surface area contributed by atoms with Crippen LogP contribution < -0.4 is 10.2 Å². The Bertz CT molecular complexity index is 1080. The summed E-state index contributed by atoms with van der Waals surface area (Å²) in [4.78, 5) is 30.1. The van der Waals surface area contributed by atoms with Crippen LogP contribution in [0.3, 0.4) is 0 Å². The van der Waals surface area contributed by atoms with Crippen LogP contribution in [-0.4, -0.2) is 47.8 Å². The second-order valence-corrected chi connectivity index (χ2v) is 7.94. The van der Waals surface area contributed by atoms with Gasteiger partial charge in [-0.25, -0.2) is 4.79 Å². The number of aromatic nitrogens is 1. The molecule has 0 radical (unpaired) electrons. The number of carbonyl (C=O) groups excluding carboxylic acids is 1. The smallest absolute Gasteiger partial charge is 0.337 e. The molecule has 1 saturated heterocycles. The first-order chi connectivity index (χ1) is 14.0. The molecule has 0 spiro atoms. The van der Waals surface area contributed by atoms with Gasteiger partial charge >= 0.3 is 5.97 Å². The Balaban J connectivity index is 1.63. The molecule has 29 heavy (non-hydrogen) atoms. The number of amides is 1. The maximum absolute atomic E-state index is 12.9. The van der Waals surface area contributed by atoms with Gasteiger partial charge in [0.2, 0.25) is 0 Å². The van der Waals surface area contributed by atoms with Crippen molar-refractivity contribution in [1.29, 1.82) is 0 Å². The van der Waals surface area contributed by atoms with Crippen molar-refractivity contribution in [2.45, 2.75) is 32.7 Å². The average Bonchev–Trinajstić information content (AvgIpc) is 3.31. The molecule has 7 nitrogen and oxygen atoms in total. The molecule has 0 bridgehead atoms. The van der Waals surface area contributed by atoms with Gasteiger partial charge in [-0.1, -0.05) is 0 Å². The number of nitrogens with zero attached hydrogens (tertiary/aromatic N) is 1. The zero-order valence-corrected chi connectivity index (χ0v) is 16.5. The molecule has 0 saturated carbocycles. The summed E-state index contributed by atoms with van der Waals surface area (Å²) in [5.74, 6) is -1.05. The fourth-order valence-electron chi connectivity index (χ4n) is 4.84. The summed E-state index contributed by atoms with van der Waals surface area (Å²) in [6, 6.07) is 6.33. The molecule has 5 rings (SSSR count). The highest BCUT2D eigenvalue weighted by Gasteiger charge is 2.35. The van der Waals surface area contributed by atoms with E-state index in [9.17, 15) is 14.7 Å². The van der Waals surface area contributed by atoms with Gasteiger partial charge in [-0.05, 0) is 56.0 Å². The number of benzene rings is 1. The van der Waals surface area contributed by atoms with Crippen molar-refractivity contribution in [3.05, 3.63) is 46.3 Å². The Morgan fingerprint density at radius 1 is 1.31 bits per heavy atom. The van der Waals surface area contributed by atoms with Crippen LogP contribution >= 0.6 is 0 Å². The normalized spacial score (nSPS) is 23.2. The molecular formula is C22H23N3O4. The van der Waals surface area contributed by atoms with Gasteiger partial charge in [0.25, 0.3) is 5.91 Å². The number of aromatic carboxylic acids is 1. The highest BCUT2D eigenvalue weighted by atomic mass is 16.5. The van der Waals surface area contributed by atoms with E-state index in [1.165, 1.54) is 0 Å². The first kappa shape index (κ1) is 18.0. The lowest BCUT2D eigenvalue weighted by molar-refractivity contribution is -0.110. The molecular weight excluding hydrogens is 370 g/mol. The fourth-order valence-corrected chi connectivity index (χ4v) is 4.84. The second kappa shape index (κ2) is 6.49. The predicted molar refractivity (Wildman–Crippen MR) is 110 cm³/mol. The largest absolute Gasteiger partial charge is 0.478 e. The van der Waals surface area contributed by atoms with Crippen molar-refractivity contribution in [1.82, 2.24) is 4.98 Å². The number of morpholine rings is 1. The maximum atomic E-state index is 12.9. The van der Waals surface area contributed by atoms with Gasteiger partial charge in [0.15, 0.2) is 0 Å². The van der Waals surface area contributed by atoms with Gasteiger partial charge in [0, 0.05) is 40.9 Å². The third-order valence-corrected chi connectivity index (χ3v) is 6.18. The van der Waals surface area contributed by atoms with E-state index < -0.39 is 5.97 Å². The molecule has 3 N–H and O–H groups in total. The van der Waals surface area contributed by atoms with Gasteiger partial charge in [0.05, 0.1) is 24.4 Å². The monoisotopic (exact) mass is 393 g/mol. The third kappa shape index (κ3) is 2.68. The van der Waals surface area contributed by atoms with Crippen LogP contribution in [0.15, 0.2) is 18.2 Å². The molecule has 3 heterocycles. The third-order valence-electron chi connectivity index (χ3n) is 6.18. The number of fused-ring (bicyclic) bond motifs is 2. The topological polar surface area (TPSA) is 94.7 Å². The molecule has 1 atom stereocenters. The Morgan fingerprint density at radius 2 is 2.14 bits per heavy atom. The van der Waals surface area contributed by atoms with Crippen LogP contribution in [0.4, 0.5) is 11.4 Å². The molecule has 1 aromatic heterocycles. The van der Waals surface area contributed by atoms with Crippen LogP contribution in [0.5, 0.6) is 0 Å². The highest BCUT2D eigenvalue weighted by Crippen LogP contribution is 2.45. The van der Waals surface area contributed by atoms with Gasteiger partial charge < -0.3 is 25.0 Å². The number of hydrogen-bond donors (Lipinski definition) is 3. The quantitative estimate of drug-likeness (QED) is 0.682. The molecule has 3 aliphatic rings. The van der Waals surface area contributed by atoms with E-state index >= 15 is 0 Å². The molecule has 2 aromatic rings. The van der Waals surface area contributed by atoms with Crippen molar-refractivity contribution < 1.29 is 19.4 Å². The number of hydrogen-bond acceptors (Lipinski definition) is 4. The number of carboxylic acids is 1. The summed E-state index contributed by atoms with van der Waals surface area (Å²) >= 11 is 0. The number of aryl methyl sites for hydroxylation is 1. The molecule has 1 fully saturated rings. The van der Waals surface area contributed by atoms with E-state index in [-0.39, 0.29) is 11.9 Å². The Hall–Kier alpha value is -3.06. The number of aromatic amines is 1. The number of rotatable bonds is 2. The molecule has 150 valence electrons. The SMILES string of the molecule is Cc1[nH]c2c(c1C(=O)O)CCC2=C1C(=O)Nc2ccc(N3CCOC[C@H]3C)cc21. The molecule has 1 aliphatic carbocycles. The number of ether oxygens (including phenoxy) is 1. The van der Waals surface area contributed by atoms with Crippen LogP contribution in [-0.2, 0) is 16.0 Å². The number of nitrogens with one attached hydrogen (secondary N) is 2. The minimum atomic E-state index is -0.925. The van der Waals surface area contributed by atoms with Crippen LogP contribution in [0.2, 0.25) is 0 Å². The molecule has 2 aliphatic heterocycles. The van der Waals surface area contributed by atoms with Crippen molar-refractivity contribution >= 4 is 34.4 Å². The standard InChI is InChI=1S/C22H23N3O4/c1-11-10-29-8-7-25(11)13-3-6-17-16(9-13)19(21(26)24-17)15-5-4-14-18(22(27)28)12(2)23-20(14)15/h3,6,9,11,23H,4-5,7-8,10H2,1-2H3,(H,24,26)(H,27,28)/t11-/m1/s1. The minimum absolute atomic E-state index is 0.126. The summed E-state index contributed by atoms with van der Waals surface area (Å²) in [5.41, 5.74) is 6.88. The summed E-state index contributed by atoms with van der Waals surface area (Å²) in [5, 5.41) is 12.5. The van der Waals surface area contributed by atoms with E-state index in [1.54, 1.807) is 6.92 Å². The summed E-state index contributed by atoms with van der Waals surface area (Å²) < 4.78 is 5.55. The lowest BCUT2D eigenvalue weighted by Crippen LogP contribution is -2.43. The molecule has 0 unspecified atom stereocenters. The van der Waals surface area contributed by atoms with Crippen molar-refractivity contribution in [3.63, 3.8) is 0 Å². The summed E-state index contributed by atoms with van der Waals surface area (Å²) in [7, 11) is 0. The number of carboxylic acid groups (broad SMARTS) is 1. The summed E-state index contributed by atoms with van der Waals surface area (Å²) in [6.45, 7) is 6.09. The lowest BCUT2D eigenvalue weighted by Gasteiger charge is -2.35. The first-order valence-corrected chi connectivity index (χ1v) is 9.94. The van der Waals surface area contributed by atoms with Gasteiger partial charge in [0.1, 0.15) is 0 Å². The maximum Gasteiger partial charge on any atom is 0.337 e. The van der Waals surface area contributed by atoms with Crippen LogP contribution in [0.25, 0.3) is 11.1 Å². The highest BCUT2D eigenvalue weighted by molar-refractivity contribution is 6.37. The zero-order valence-electron chi connectivity index (χ0n) is 16.5. The second-order valence-electron chi connectivity index (χ2n) is 7.94. The number of carbonyl (C=O) groups is 2. The average molecular weight is 393 g/mol. The predicted octanol–water partition coefficient (Wildman–Crippen LogP) is 3.06. The van der Waals surface area contributed by atoms with E-state index in [2.05, 4.69) is 28.2 Å². The fraction of sp³-hybridized carbons (Fsp3) is 0.364. The molecule has 1 amide bonds. The van der Waals surface area contributed by atoms with Gasteiger partial charge in [-0.2, -0.15) is 0 Å². The van der Waals surface area contributed by atoms with E-state index in [0.29, 0.717) is 42.9 Å². The Kier molecular flexibility index (Phi) is 4.03. The lowest BCUT2D eigenvalue weighted by atomic mass is 9.98. The van der Waals surface area contributed by atoms with Crippen molar-refractivity contribution in [2.24, 2.45) is 0 Å².